The number of imidazole rings is 1. The van der Waals surface area contributed by atoms with Crippen molar-refractivity contribution in [3.63, 3.8) is 0 Å². The molecule has 0 saturated carbocycles. The van der Waals surface area contributed by atoms with Crippen molar-refractivity contribution in [3.8, 4) is 0 Å². The second-order valence-electron chi connectivity index (χ2n) is 6.76. The fourth-order valence-corrected chi connectivity index (χ4v) is 3.92. The third-order valence-corrected chi connectivity index (χ3v) is 5.21. The third kappa shape index (κ3) is 3.08. The summed E-state index contributed by atoms with van der Waals surface area (Å²) in [5, 5.41) is 0. The quantitative estimate of drug-likeness (QED) is 0.797. The molecular formula is C18H23FN4O2. The highest BCUT2D eigenvalue weighted by Crippen LogP contribution is 2.29. The Kier molecular flexibility index (Phi) is 4.33. The lowest BCUT2D eigenvalue weighted by molar-refractivity contribution is 0.0403. The number of aryl methyl sites for hydroxylation is 1. The predicted octanol–water partition coefficient (Wildman–Crippen LogP) is 2.57. The van der Waals surface area contributed by atoms with Crippen molar-refractivity contribution in [1.29, 1.82) is 0 Å². The van der Waals surface area contributed by atoms with Crippen molar-refractivity contribution in [2.45, 2.75) is 25.8 Å². The summed E-state index contributed by atoms with van der Waals surface area (Å²) in [7, 11) is 0. The molecule has 0 radical (unpaired) electrons. The molecule has 25 heavy (non-hydrogen) atoms. The number of carbonyl (C=O) groups excluding carboxylic acids is 1. The molecule has 1 aromatic heterocycles. The number of morpholine rings is 1. The van der Waals surface area contributed by atoms with E-state index in [9.17, 15) is 9.18 Å². The largest absolute Gasteiger partial charge is 0.378 e. The molecule has 2 aliphatic rings. The van der Waals surface area contributed by atoms with Crippen LogP contribution >= 0.6 is 0 Å². The van der Waals surface area contributed by atoms with E-state index >= 15 is 0 Å². The molecule has 0 unspecified atom stereocenters. The summed E-state index contributed by atoms with van der Waals surface area (Å²) in [6.07, 6.45) is 1.78. The number of urea groups is 1. The van der Waals surface area contributed by atoms with E-state index in [0.717, 1.165) is 37.3 Å². The Hall–Kier alpha value is -2.15. The Labute approximate surface area is 146 Å². The Morgan fingerprint density at radius 1 is 1.16 bits per heavy atom. The maximum atomic E-state index is 13.4. The first kappa shape index (κ1) is 16.3. The zero-order chi connectivity index (χ0) is 17.4. The van der Waals surface area contributed by atoms with Crippen LogP contribution in [0.2, 0.25) is 0 Å². The molecule has 0 aliphatic carbocycles. The smallest absolute Gasteiger partial charge is 0.320 e. The number of ether oxygens (including phenoxy) is 1. The molecule has 4 rings (SSSR count). The van der Waals surface area contributed by atoms with E-state index in [1.54, 1.807) is 6.07 Å². The van der Waals surface area contributed by atoms with Crippen molar-refractivity contribution in [2.75, 3.05) is 39.4 Å². The molecular weight excluding hydrogens is 323 g/mol. The number of amides is 2. The van der Waals surface area contributed by atoms with Gasteiger partial charge in [0.15, 0.2) is 0 Å². The van der Waals surface area contributed by atoms with E-state index in [0.29, 0.717) is 37.9 Å². The van der Waals surface area contributed by atoms with Crippen LogP contribution < -0.4 is 0 Å². The van der Waals surface area contributed by atoms with Crippen LogP contribution in [0.1, 0.15) is 24.7 Å². The Balaban J connectivity index is 1.47. The van der Waals surface area contributed by atoms with Crippen LogP contribution in [0.5, 0.6) is 0 Å². The highest BCUT2D eigenvalue weighted by molar-refractivity contribution is 5.76. The van der Waals surface area contributed by atoms with Gasteiger partial charge in [-0.1, -0.05) is 0 Å². The number of halogens is 1. The lowest BCUT2D eigenvalue weighted by Gasteiger charge is -2.37. The normalized spacial score (nSPS) is 19.6. The number of hydrogen-bond acceptors (Lipinski definition) is 3. The van der Waals surface area contributed by atoms with Gasteiger partial charge >= 0.3 is 6.03 Å². The minimum atomic E-state index is -0.261. The van der Waals surface area contributed by atoms with E-state index in [2.05, 4.69) is 9.55 Å². The van der Waals surface area contributed by atoms with E-state index in [1.165, 1.54) is 12.1 Å². The molecule has 1 aromatic carbocycles. The van der Waals surface area contributed by atoms with Crippen LogP contribution in [-0.4, -0.2) is 64.8 Å². The zero-order valence-corrected chi connectivity index (χ0v) is 14.4. The predicted molar refractivity (Wildman–Crippen MR) is 92.1 cm³/mol. The van der Waals surface area contributed by atoms with Crippen LogP contribution in [0, 0.1) is 12.7 Å². The Morgan fingerprint density at radius 2 is 1.84 bits per heavy atom. The summed E-state index contributed by atoms with van der Waals surface area (Å²) in [6.45, 7) is 6.04. The first-order valence-corrected chi connectivity index (χ1v) is 8.89. The number of rotatable bonds is 1. The first-order valence-electron chi connectivity index (χ1n) is 8.89. The average Bonchev–Trinajstić information content (AvgIpc) is 2.97. The lowest BCUT2D eigenvalue weighted by atomic mass is 10.0. The van der Waals surface area contributed by atoms with Crippen molar-refractivity contribution in [1.82, 2.24) is 19.4 Å². The molecule has 2 saturated heterocycles. The summed E-state index contributed by atoms with van der Waals surface area (Å²) in [4.78, 5) is 20.9. The van der Waals surface area contributed by atoms with Gasteiger partial charge in [-0.25, -0.2) is 14.2 Å². The summed E-state index contributed by atoms with van der Waals surface area (Å²) in [5.74, 6) is 0.640. The maximum Gasteiger partial charge on any atom is 0.320 e. The van der Waals surface area contributed by atoms with Crippen molar-refractivity contribution in [2.24, 2.45) is 0 Å². The van der Waals surface area contributed by atoms with E-state index in [4.69, 9.17) is 4.74 Å². The molecule has 2 aliphatic heterocycles. The number of benzene rings is 1. The average molecular weight is 346 g/mol. The molecule has 3 heterocycles. The van der Waals surface area contributed by atoms with Gasteiger partial charge in [0, 0.05) is 38.3 Å². The highest BCUT2D eigenvalue weighted by Gasteiger charge is 2.29. The summed E-state index contributed by atoms with van der Waals surface area (Å²) in [5.41, 5.74) is 1.67. The molecule has 134 valence electrons. The van der Waals surface area contributed by atoms with Gasteiger partial charge in [-0.3, -0.25) is 0 Å². The Morgan fingerprint density at radius 3 is 2.56 bits per heavy atom. The zero-order valence-electron chi connectivity index (χ0n) is 14.4. The summed E-state index contributed by atoms with van der Waals surface area (Å²) >= 11 is 0. The number of likely N-dealkylation sites (tertiary alicyclic amines) is 1. The van der Waals surface area contributed by atoms with Gasteiger partial charge in [-0.15, -0.1) is 0 Å². The topological polar surface area (TPSA) is 50.6 Å². The SMILES string of the molecule is Cc1nc2cc(F)ccc2n1C1CCN(C(=O)N2CCOCC2)CC1. The summed E-state index contributed by atoms with van der Waals surface area (Å²) in [6, 6.07) is 5.18. The van der Waals surface area contributed by atoms with E-state index < -0.39 is 0 Å². The van der Waals surface area contributed by atoms with Gasteiger partial charge in [-0.05, 0) is 31.9 Å². The maximum absolute atomic E-state index is 13.4. The molecule has 2 fully saturated rings. The Bertz CT molecular complexity index is 777. The number of aromatic nitrogens is 2. The van der Waals surface area contributed by atoms with Gasteiger partial charge in [0.05, 0.1) is 24.2 Å². The number of piperidine rings is 1. The van der Waals surface area contributed by atoms with Crippen LogP contribution in [0.4, 0.5) is 9.18 Å². The molecule has 2 amide bonds. The number of fused-ring (bicyclic) bond motifs is 1. The molecule has 0 atom stereocenters. The van der Waals surface area contributed by atoms with Gasteiger partial charge in [0.2, 0.25) is 0 Å². The van der Waals surface area contributed by atoms with Gasteiger partial charge in [-0.2, -0.15) is 0 Å². The number of hydrogen-bond donors (Lipinski definition) is 0. The monoisotopic (exact) mass is 346 g/mol. The number of carbonyl (C=O) groups is 1. The van der Waals surface area contributed by atoms with Crippen LogP contribution in [0.3, 0.4) is 0 Å². The van der Waals surface area contributed by atoms with Crippen molar-refractivity contribution < 1.29 is 13.9 Å². The minimum Gasteiger partial charge on any atom is -0.378 e. The van der Waals surface area contributed by atoms with Gasteiger partial charge < -0.3 is 19.1 Å². The second kappa shape index (κ2) is 6.63. The van der Waals surface area contributed by atoms with Gasteiger partial charge in [0.25, 0.3) is 0 Å². The standard InChI is InChI=1S/C18H23FN4O2/c1-13-20-16-12-14(19)2-3-17(16)23(13)15-4-6-21(7-5-15)18(24)22-8-10-25-11-9-22/h2-3,12,15H,4-11H2,1H3. The van der Waals surface area contributed by atoms with Crippen LogP contribution in [-0.2, 0) is 4.74 Å². The van der Waals surface area contributed by atoms with Crippen molar-refractivity contribution in [3.05, 3.63) is 29.8 Å². The molecule has 0 N–H and O–H groups in total. The van der Waals surface area contributed by atoms with Crippen molar-refractivity contribution >= 4 is 17.1 Å². The van der Waals surface area contributed by atoms with Crippen LogP contribution in [0.25, 0.3) is 11.0 Å². The van der Waals surface area contributed by atoms with Crippen LogP contribution in [0.15, 0.2) is 18.2 Å². The molecule has 2 aromatic rings. The van der Waals surface area contributed by atoms with Gasteiger partial charge in [0.1, 0.15) is 11.6 Å². The third-order valence-electron chi connectivity index (χ3n) is 5.21. The van der Waals surface area contributed by atoms with E-state index in [1.807, 2.05) is 16.7 Å². The first-order chi connectivity index (χ1) is 12.1. The molecule has 0 bridgehead atoms. The summed E-state index contributed by atoms with van der Waals surface area (Å²) < 4.78 is 20.9. The molecule has 6 nitrogen and oxygen atoms in total. The highest BCUT2D eigenvalue weighted by atomic mass is 19.1. The lowest BCUT2D eigenvalue weighted by Crippen LogP contribution is -2.50. The van der Waals surface area contributed by atoms with E-state index in [-0.39, 0.29) is 11.8 Å². The fraction of sp³-hybridized carbons (Fsp3) is 0.556. The fourth-order valence-electron chi connectivity index (χ4n) is 3.92. The number of nitrogens with zero attached hydrogens (tertiary/aromatic N) is 4. The molecule has 0 spiro atoms. The molecule has 7 heteroatoms. The second-order valence-corrected chi connectivity index (χ2v) is 6.76. The minimum absolute atomic E-state index is 0.121.